The van der Waals surface area contributed by atoms with Crippen molar-refractivity contribution < 1.29 is 4.79 Å². The highest BCUT2D eigenvalue weighted by molar-refractivity contribution is 5.92. The molecule has 3 aliphatic rings. The number of nitrogens with one attached hydrogen (secondary N) is 1. The van der Waals surface area contributed by atoms with Gasteiger partial charge in [0, 0.05) is 50.9 Å². The molecule has 0 spiro atoms. The Kier molecular flexibility index (Phi) is 5.09. The van der Waals surface area contributed by atoms with Gasteiger partial charge in [0.1, 0.15) is 0 Å². The summed E-state index contributed by atoms with van der Waals surface area (Å²) in [7, 11) is 0. The molecule has 4 heteroatoms. The van der Waals surface area contributed by atoms with E-state index < -0.39 is 0 Å². The third-order valence-corrected chi connectivity index (χ3v) is 6.22. The highest BCUT2D eigenvalue weighted by Crippen LogP contribution is 2.35. The number of nitrogens with zero attached hydrogens (tertiary/aromatic N) is 2. The Bertz CT molecular complexity index is 613. The molecular formula is C21H31N3O. The predicted octanol–water partition coefficient (Wildman–Crippen LogP) is 3.17. The Labute approximate surface area is 151 Å². The summed E-state index contributed by atoms with van der Waals surface area (Å²) in [5.74, 6) is 1.09. The number of hydrogen-bond donors (Lipinski definition) is 1. The third kappa shape index (κ3) is 3.90. The van der Waals surface area contributed by atoms with Crippen LogP contribution in [0.3, 0.4) is 0 Å². The van der Waals surface area contributed by atoms with E-state index in [0.717, 1.165) is 37.7 Å². The van der Waals surface area contributed by atoms with Crippen LogP contribution >= 0.6 is 0 Å². The first-order valence-corrected chi connectivity index (χ1v) is 10.0. The predicted molar refractivity (Wildman–Crippen MR) is 102 cm³/mol. The van der Waals surface area contributed by atoms with E-state index in [9.17, 15) is 4.79 Å². The van der Waals surface area contributed by atoms with Crippen LogP contribution in [0.4, 0.5) is 5.69 Å². The molecule has 136 valence electrons. The van der Waals surface area contributed by atoms with Gasteiger partial charge in [-0.15, -0.1) is 0 Å². The molecule has 4 nitrogen and oxygen atoms in total. The lowest BCUT2D eigenvalue weighted by Gasteiger charge is -2.43. The maximum Gasteiger partial charge on any atom is 0.223 e. The van der Waals surface area contributed by atoms with Crippen LogP contribution in [0.2, 0.25) is 0 Å². The second kappa shape index (κ2) is 7.46. The molecule has 2 fully saturated rings. The largest absolute Gasteiger partial charge is 0.312 e. The highest BCUT2D eigenvalue weighted by Gasteiger charge is 2.35. The molecule has 2 atom stereocenters. The van der Waals surface area contributed by atoms with Crippen LogP contribution in [0.15, 0.2) is 24.3 Å². The van der Waals surface area contributed by atoms with Gasteiger partial charge in [0.15, 0.2) is 0 Å². The number of amides is 1. The molecule has 4 rings (SSSR count). The summed E-state index contributed by atoms with van der Waals surface area (Å²) >= 11 is 0. The Hall–Kier alpha value is -1.39. The van der Waals surface area contributed by atoms with E-state index in [-0.39, 0.29) is 5.91 Å². The second-order valence-electron chi connectivity index (χ2n) is 8.10. The normalized spacial score (nSPS) is 28.1. The van der Waals surface area contributed by atoms with Gasteiger partial charge in [-0.05, 0) is 49.7 Å². The Morgan fingerprint density at radius 3 is 2.72 bits per heavy atom. The van der Waals surface area contributed by atoms with E-state index in [4.69, 9.17) is 0 Å². The zero-order valence-corrected chi connectivity index (χ0v) is 15.4. The lowest BCUT2D eigenvalue weighted by Crippen LogP contribution is -2.52. The number of benzene rings is 1. The van der Waals surface area contributed by atoms with Crippen molar-refractivity contribution in [3.8, 4) is 0 Å². The average molecular weight is 341 g/mol. The summed E-state index contributed by atoms with van der Waals surface area (Å²) in [6.07, 6.45) is 7.84. The molecular weight excluding hydrogens is 310 g/mol. The molecule has 2 aliphatic heterocycles. The van der Waals surface area contributed by atoms with Crippen LogP contribution in [0.1, 0.15) is 51.0 Å². The molecule has 0 radical (unpaired) electrons. The zero-order valence-electron chi connectivity index (χ0n) is 15.4. The number of anilines is 1. The zero-order chi connectivity index (χ0) is 17.2. The van der Waals surface area contributed by atoms with Gasteiger partial charge in [-0.2, -0.15) is 0 Å². The fraction of sp³-hybridized carbons (Fsp3) is 0.667. The minimum atomic E-state index is 0.160. The molecule has 25 heavy (non-hydrogen) atoms. The molecule has 2 unspecified atom stereocenters. The number of hydrogen-bond acceptors (Lipinski definition) is 3. The van der Waals surface area contributed by atoms with Crippen LogP contribution in [0.5, 0.6) is 0 Å². The third-order valence-electron chi connectivity index (χ3n) is 6.22. The van der Waals surface area contributed by atoms with E-state index >= 15 is 0 Å². The smallest absolute Gasteiger partial charge is 0.223 e. The second-order valence-corrected chi connectivity index (χ2v) is 8.10. The fourth-order valence-electron chi connectivity index (χ4n) is 4.67. The van der Waals surface area contributed by atoms with E-state index in [1.807, 2.05) is 11.0 Å². The molecule has 1 aliphatic carbocycles. The maximum atomic E-state index is 12.3. The lowest BCUT2D eigenvalue weighted by molar-refractivity contribution is -0.116. The summed E-state index contributed by atoms with van der Waals surface area (Å²) in [5, 5.41) is 3.70. The molecule has 1 N–H and O–H groups in total. The lowest BCUT2D eigenvalue weighted by atomic mass is 9.92. The molecule has 1 aromatic rings. The average Bonchev–Trinajstić information content (AvgIpc) is 3.41. The van der Waals surface area contributed by atoms with Gasteiger partial charge >= 0.3 is 0 Å². The Balaban J connectivity index is 1.60. The first-order chi connectivity index (χ1) is 12.2. The van der Waals surface area contributed by atoms with Gasteiger partial charge in [0.25, 0.3) is 0 Å². The van der Waals surface area contributed by atoms with E-state index in [1.165, 1.54) is 44.2 Å². The molecule has 1 saturated carbocycles. The first-order valence-electron chi connectivity index (χ1n) is 10.0. The van der Waals surface area contributed by atoms with E-state index in [0.29, 0.717) is 12.1 Å². The first kappa shape index (κ1) is 17.0. The van der Waals surface area contributed by atoms with Crippen LogP contribution < -0.4 is 10.2 Å². The minimum absolute atomic E-state index is 0.160. The van der Waals surface area contributed by atoms with Crippen LogP contribution in [0, 0.1) is 5.92 Å². The quantitative estimate of drug-likeness (QED) is 0.897. The van der Waals surface area contributed by atoms with Crippen molar-refractivity contribution in [3.63, 3.8) is 0 Å². The van der Waals surface area contributed by atoms with Gasteiger partial charge in [-0.1, -0.05) is 24.6 Å². The van der Waals surface area contributed by atoms with E-state index in [2.05, 4.69) is 28.4 Å². The van der Waals surface area contributed by atoms with Gasteiger partial charge in [-0.25, -0.2) is 0 Å². The summed E-state index contributed by atoms with van der Waals surface area (Å²) in [6.45, 7) is 5.72. The highest BCUT2D eigenvalue weighted by atomic mass is 16.2. The fourth-order valence-corrected chi connectivity index (χ4v) is 4.67. The monoisotopic (exact) mass is 341 g/mol. The standard InChI is InChI=1S/C21H31N3O/c1-16(25)23-12-11-19-6-4-7-20(24(19)15-17-9-10-17)14-22-13-18-5-2-3-8-21(18)23/h2-3,5,8,17,19-20,22H,4,6-7,9-15H2,1H3. The van der Waals surface area contributed by atoms with Crippen molar-refractivity contribution in [2.45, 2.75) is 64.1 Å². The molecule has 0 aromatic heterocycles. The van der Waals surface area contributed by atoms with Crippen molar-refractivity contribution in [3.05, 3.63) is 29.8 Å². The van der Waals surface area contributed by atoms with Crippen LogP contribution in [-0.2, 0) is 11.3 Å². The van der Waals surface area contributed by atoms with Crippen molar-refractivity contribution in [1.82, 2.24) is 10.2 Å². The number of rotatable bonds is 2. The number of carbonyl (C=O) groups excluding carboxylic acids is 1. The van der Waals surface area contributed by atoms with Gasteiger partial charge in [-0.3, -0.25) is 9.69 Å². The summed E-state index contributed by atoms with van der Waals surface area (Å²) in [4.78, 5) is 17.1. The van der Waals surface area contributed by atoms with Gasteiger partial charge in [0.05, 0.1) is 0 Å². The summed E-state index contributed by atoms with van der Waals surface area (Å²) < 4.78 is 0. The van der Waals surface area contributed by atoms with E-state index in [1.54, 1.807) is 6.92 Å². The molecule has 1 saturated heterocycles. The Morgan fingerprint density at radius 1 is 1.12 bits per heavy atom. The van der Waals surface area contributed by atoms with Crippen molar-refractivity contribution >= 4 is 11.6 Å². The molecule has 2 bridgehead atoms. The SMILES string of the molecule is CC(=O)N1CCC2CCCC(CNCc3ccccc31)N2CC1CC1. The van der Waals surface area contributed by atoms with Crippen LogP contribution in [0.25, 0.3) is 0 Å². The van der Waals surface area contributed by atoms with Gasteiger partial charge in [0.2, 0.25) is 5.91 Å². The molecule has 1 aromatic carbocycles. The topological polar surface area (TPSA) is 35.6 Å². The number of para-hydroxylation sites is 1. The number of fused-ring (bicyclic) bond motifs is 3. The summed E-state index contributed by atoms with van der Waals surface area (Å²) in [5.41, 5.74) is 2.33. The molecule has 1 amide bonds. The van der Waals surface area contributed by atoms with Crippen molar-refractivity contribution in [2.24, 2.45) is 5.92 Å². The van der Waals surface area contributed by atoms with Crippen molar-refractivity contribution in [2.75, 3.05) is 24.5 Å². The van der Waals surface area contributed by atoms with Gasteiger partial charge < -0.3 is 10.2 Å². The maximum absolute atomic E-state index is 12.3. The number of carbonyl (C=O) groups is 1. The Morgan fingerprint density at radius 2 is 1.92 bits per heavy atom. The molecule has 2 heterocycles. The summed E-state index contributed by atoms with van der Waals surface area (Å²) in [6, 6.07) is 9.68. The minimum Gasteiger partial charge on any atom is -0.312 e. The number of piperidine rings is 1. The van der Waals surface area contributed by atoms with Crippen LogP contribution in [-0.4, -0.2) is 42.5 Å². The van der Waals surface area contributed by atoms with Crippen molar-refractivity contribution in [1.29, 1.82) is 0 Å².